The molecule has 0 aliphatic carbocycles. The third-order valence-electron chi connectivity index (χ3n) is 4.46. The number of rotatable bonds is 4. The van der Waals surface area contributed by atoms with Crippen molar-refractivity contribution >= 4 is 29.0 Å². The summed E-state index contributed by atoms with van der Waals surface area (Å²) >= 11 is 3.08. The van der Waals surface area contributed by atoms with Crippen molar-refractivity contribution < 1.29 is 4.79 Å². The first-order valence-corrected chi connectivity index (χ1v) is 9.53. The second kappa shape index (κ2) is 6.59. The number of benzene rings is 1. The monoisotopic (exact) mass is 346 g/mol. The van der Waals surface area contributed by atoms with Crippen molar-refractivity contribution in [1.29, 1.82) is 0 Å². The van der Waals surface area contributed by atoms with Crippen LogP contribution in [0.3, 0.4) is 0 Å². The van der Waals surface area contributed by atoms with Crippen molar-refractivity contribution in [2.45, 2.75) is 28.1 Å². The van der Waals surface area contributed by atoms with Crippen molar-refractivity contribution in [1.82, 2.24) is 20.4 Å². The second-order valence-electron chi connectivity index (χ2n) is 6.15. The van der Waals surface area contributed by atoms with E-state index in [-0.39, 0.29) is 5.91 Å². The molecule has 2 aliphatic rings. The van der Waals surface area contributed by atoms with E-state index in [2.05, 4.69) is 20.4 Å². The molecular formula is C16H18N4OS2. The number of hydrogen-bond donors (Lipinski definition) is 1. The SMILES string of the molecule is O=C(NC1CC2CCN(C2)C1)c1ccc(Sc2nncs2)cc1. The van der Waals surface area contributed by atoms with E-state index in [9.17, 15) is 4.79 Å². The smallest absolute Gasteiger partial charge is 0.251 e. The molecule has 0 spiro atoms. The Morgan fingerprint density at radius 1 is 1.30 bits per heavy atom. The van der Waals surface area contributed by atoms with Crippen LogP contribution in [0, 0.1) is 5.92 Å². The molecule has 3 unspecified atom stereocenters. The van der Waals surface area contributed by atoms with Gasteiger partial charge in [0.2, 0.25) is 0 Å². The van der Waals surface area contributed by atoms with Crippen LogP contribution in [0.5, 0.6) is 0 Å². The summed E-state index contributed by atoms with van der Waals surface area (Å²) in [4.78, 5) is 15.9. The maximum atomic E-state index is 12.4. The number of amides is 1. The molecule has 3 atom stereocenters. The van der Waals surface area contributed by atoms with Crippen LogP contribution in [0.4, 0.5) is 0 Å². The summed E-state index contributed by atoms with van der Waals surface area (Å²) in [5.41, 5.74) is 2.44. The van der Waals surface area contributed by atoms with Crippen molar-refractivity contribution in [3.05, 3.63) is 35.3 Å². The van der Waals surface area contributed by atoms with Gasteiger partial charge < -0.3 is 10.2 Å². The zero-order chi connectivity index (χ0) is 15.6. The van der Waals surface area contributed by atoms with Crippen LogP contribution in [0.2, 0.25) is 0 Å². The molecule has 5 nitrogen and oxygen atoms in total. The van der Waals surface area contributed by atoms with Crippen molar-refractivity contribution in [2.75, 3.05) is 19.6 Å². The largest absolute Gasteiger partial charge is 0.348 e. The van der Waals surface area contributed by atoms with Crippen molar-refractivity contribution in [3.63, 3.8) is 0 Å². The zero-order valence-electron chi connectivity index (χ0n) is 12.6. The molecule has 2 aromatic rings. The number of piperidine rings is 1. The Kier molecular flexibility index (Phi) is 4.33. The molecule has 1 aromatic heterocycles. The van der Waals surface area contributed by atoms with E-state index in [4.69, 9.17) is 0 Å². The fourth-order valence-corrected chi connectivity index (χ4v) is 4.87. The summed E-state index contributed by atoms with van der Waals surface area (Å²) < 4.78 is 0.911. The minimum absolute atomic E-state index is 0.0324. The van der Waals surface area contributed by atoms with Crippen LogP contribution in [-0.4, -0.2) is 46.7 Å². The van der Waals surface area contributed by atoms with Gasteiger partial charge in [-0.3, -0.25) is 4.79 Å². The minimum Gasteiger partial charge on any atom is -0.348 e. The zero-order valence-corrected chi connectivity index (χ0v) is 14.3. The van der Waals surface area contributed by atoms with E-state index in [1.807, 2.05) is 24.3 Å². The van der Waals surface area contributed by atoms with Crippen molar-refractivity contribution in [2.24, 2.45) is 5.92 Å². The third kappa shape index (κ3) is 3.57. The molecule has 1 aromatic carbocycles. The van der Waals surface area contributed by atoms with Crippen LogP contribution in [0.15, 0.2) is 39.0 Å². The molecular weight excluding hydrogens is 328 g/mol. The van der Waals surface area contributed by atoms with Crippen LogP contribution < -0.4 is 5.32 Å². The van der Waals surface area contributed by atoms with E-state index >= 15 is 0 Å². The number of nitrogens with zero attached hydrogens (tertiary/aromatic N) is 3. The first-order valence-electron chi connectivity index (χ1n) is 7.83. The Bertz CT molecular complexity index is 662. The van der Waals surface area contributed by atoms with Gasteiger partial charge >= 0.3 is 0 Å². The predicted molar refractivity (Wildman–Crippen MR) is 90.9 cm³/mol. The van der Waals surface area contributed by atoms with Gasteiger partial charge in [0.25, 0.3) is 5.91 Å². The van der Waals surface area contributed by atoms with Gasteiger partial charge in [-0.2, -0.15) is 0 Å². The number of carbonyl (C=O) groups is 1. The number of hydrogen-bond acceptors (Lipinski definition) is 6. The quantitative estimate of drug-likeness (QED) is 0.922. The summed E-state index contributed by atoms with van der Waals surface area (Å²) in [6.07, 6.45) is 2.40. The van der Waals surface area contributed by atoms with Gasteiger partial charge in [0.15, 0.2) is 4.34 Å². The fraction of sp³-hybridized carbons (Fsp3) is 0.438. The third-order valence-corrected chi connectivity index (χ3v) is 6.25. The molecule has 23 heavy (non-hydrogen) atoms. The lowest BCUT2D eigenvalue weighted by molar-refractivity contribution is 0.0909. The standard InChI is InChI=1S/C16H18N4OS2/c21-15(18-13-7-11-5-6-20(8-11)9-13)12-1-3-14(4-2-12)23-16-19-17-10-22-16/h1-4,10-11,13H,5-9H2,(H,18,21). The molecule has 120 valence electrons. The lowest BCUT2D eigenvalue weighted by Crippen LogP contribution is -2.47. The summed E-state index contributed by atoms with van der Waals surface area (Å²) in [6, 6.07) is 8.00. The number of fused-ring (bicyclic) bond motifs is 2. The van der Waals surface area contributed by atoms with Gasteiger partial charge in [0.1, 0.15) is 5.51 Å². The van der Waals surface area contributed by atoms with Gasteiger partial charge in [-0.15, -0.1) is 10.2 Å². The topological polar surface area (TPSA) is 58.1 Å². The Morgan fingerprint density at radius 2 is 2.17 bits per heavy atom. The van der Waals surface area contributed by atoms with E-state index in [0.29, 0.717) is 6.04 Å². The molecule has 2 fully saturated rings. The summed E-state index contributed by atoms with van der Waals surface area (Å²) in [5.74, 6) is 0.796. The van der Waals surface area contributed by atoms with Crippen LogP contribution in [0.25, 0.3) is 0 Å². The molecule has 1 amide bonds. The molecule has 7 heteroatoms. The summed E-state index contributed by atoms with van der Waals surface area (Å²) in [6.45, 7) is 3.39. The summed E-state index contributed by atoms with van der Waals surface area (Å²) in [7, 11) is 0. The van der Waals surface area contributed by atoms with E-state index in [1.54, 1.807) is 17.3 Å². The Hall–Kier alpha value is -1.44. The summed E-state index contributed by atoms with van der Waals surface area (Å²) in [5, 5.41) is 11.0. The van der Waals surface area contributed by atoms with Crippen LogP contribution in [0.1, 0.15) is 23.2 Å². The highest BCUT2D eigenvalue weighted by Gasteiger charge is 2.32. The lowest BCUT2D eigenvalue weighted by Gasteiger charge is -2.30. The highest BCUT2D eigenvalue weighted by Crippen LogP contribution is 2.29. The lowest BCUT2D eigenvalue weighted by atomic mass is 9.96. The highest BCUT2D eigenvalue weighted by atomic mass is 32.2. The number of nitrogens with one attached hydrogen (secondary N) is 1. The van der Waals surface area contributed by atoms with Gasteiger partial charge in [-0.1, -0.05) is 23.1 Å². The minimum atomic E-state index is 0.0324. The normalized spacial score (nSPS) is 26.2. The highest BCUT2D eigenvalue weighted by molar-refractivity contribution is 8.01. The maximum Gasteiger partial charge on any atom is 0.251 e. The van der Waals surface area contributed by atoms with E-state index in [1.165, 1.54) is 30.8 Å². The molecule has 2 saturated heterocycles. The van der Waals surface area contributed by atoms with Crippen LogP contribution >= 0.6 is 23.1 Å². The number of aromatic nitrogens is 2. The Balaban J connectivity index is 1.36. The Labute approximate surface area is 143 Å². The van der Waals surface area contributed by atoms with Gasteiger partial charge in [0, 0.05) is 29.6 Å². The van der Waals surface area contributed by atoms with Gasteiger partial charge in [-0.25, -0.2) is 0 Å². The molecule has 3 heterocycles. The first-order chi connectivity index (χ1) is 11.3. The van der Waals surface area contributed by atoms with Gasteiger partial charge in [-0.05, 0) is 49.6 Å². The molecule has 2 bridgehead atoms. The first kappa shape index (κ1) is 15.1. The van der Waals surface area contributed by atoms with Gasteiger partial charge in [0.05, 0.1) is 0 Å². The Morgan fingerprint density at radius 3 is 2.91 bits per heavy atom. The molecule has 1 N–H and O–H groups in total. The predicted octanol–water partition coefficient (Wildman–Crippen LogP) is 2.51. The average molecular weight is 346 g/mol. The second-order valence-corrected chi connectivity index (χ2v) is 8.31. The molecule has 2 aliphatic heterocycles. The van der Waals surface area contributed by atoms with E-state index < -0.39 is 0 Å². The van der Waals surface area contributed by atoms with Crippen molar-refractivity contribution in [3.8, 4) is 0 Å². The number of carbonyl (C=O) groups excluding carboxylic acids is 1. The molecule has 4 rings (SSSR count). The van der Waals surface area contributed by atoms with Crippen LogP contribution in [-0.2, 0) is 0 Å². The average Bonchev–Trinajstić information content (AvgIpc) is 3.18. The molecule has 0 saturated carbocycles. The molecule has 0 radical (unpaired) electrons. The maximum absolute atomic E-state index is 12.4. The van der Waals surface area contributed by atoms with E-state index in [0.717, 1.165) is 33.7 Å². The fourth-order valence-electron chi connectivity index (χ4n) is 3.42.